The summed E-state index contributed by atoms with van der Waals surface area (Å²) < 4.78 is 1.36. The molecule has 1 unspecified atom stereocenters. The maximum absolute atomic E-state index is 10.9. The summed E-state index contributed by atoms with van der Waals surface area (Å²) in [5.74, 6) is 1.21. The highest BCUT2D eigenvalue weighted by Gasteiger charge is 2.21. The zero-order valence-corrected chi connectivity index (χ0v) is 8.50. The third kappa shape index (κ3) is 3.05. The van der Waals surface area contributed by atoms with Crippen molar-refractivity contribution in [2.45, 2.75) is 12.6 Å². The molecule has 1 aromatic rings. The van der Waals surface area contributed by atoms with E-state index >= 15 is 0 Å². The van der Waals surface area contributed by atoms with Crippen LogP contribution in [0.2, 0.25) is 0 Å². The lowest BCUT2D eigenvalue weighted by molar-refractivity contribution is -0.139. The van der Waals surface area contributed by atoms with Crippen molar-refractivity contribution in [3.05, 3.63) is 11.9 Å². The number of nitrogens with zero attached hydrogens (tertiary/aromatic N) is 3. The van der Waals surface area contributed by atoms with Crippen LogP contribution in [0.3, 0.4) is 0 Å². The van der Waals surface area contributed by atoms with E-state index in [1.165, 1.54) is 10.9 Å². The van der Waals surface area contributed by atoms with Crippen molar-refractivity contribution >= 4 is 5.97 Å². The number of nitrogens with one attached hydrogen (secondary N) is 1. The van der Waals surface area contributed by atoms with Gasteiger partial charge in [0.1, 0.15) is 5.69 Å². The first-order chi connectivity index (χ1) is 7.69. The van der Waals surface area contributed by atoms with Crippen molar-refractivity contribution in [3.8, 4) is 12.3 Å². The summed E-state index contributed by atoms with van der Waals surface area (Å²) in [6.07, 6.45) is 6.49. The van der Waals surface area contributed by atoms with Gasteiger partial charge in [-0.2, -0.15) is 0 Å². The molecule has 0 radical (unpaired) electrons. The van der Waals surface area contributed by atoms with Crippen molar-refractivity contribution < 1.29 is 15.0 Å². The number of carbonyl (C=O) groups is 1. The van der Waals surface area contributed by atoms with Gasteiger partial charge >= 0.3 is 5.97 Å². The summed E-state index contributed by atoms with van der Waals surface area (Å²) in [5, 5.41) is 27.6. The van der Waals surface area contributed by atoms with Crippen LogP contribution in [-0.4, -0.2) is 44.3 Å². The number of carboxylic acid groups (broad SMARTS) is 1. The summed E-state index contributed by atoms with van der Waals surface area (Å²) >= 11 is 0. The molecule has 0 bridgehead atoms. The molecule has 0 aliphatic rings. The predicted octanol–water partition coefficient (Wildman–Crippen LogP) is -1.38. The Labute approximate surface area is 92.1 Å². The molecule has 0 aliphatic carbocycles. The lowest BCUT2D eigenvalue weighted by Crippen LogP contribution is -2.29. The van der Waals surface area contributed by atoms with E-state index in [2.05, 4.69) is 21.5 Å². The smallest absolute Gasteiger partial charge is 0.327 e. The Hall–Kier alpha value is -1.91. The zero-order chi connectivity index (χ0) is 12.0. The van der Waals surface area contributed by atoms with E-state index in [4.69, 9.17) is 16.6 Å². The largest absolute Gasteiger partial charge is 0.480 e. The maximum atomic E-state index is 10.9. The highest BCUT2D eigenvalue weighted by molar-refractivity contribution is 5.74. The third-order valence-electron chi connectivity index (χ3n) is 1.84. The second-order valence-corrected chi connectivity index (χ2v) is 2.99. The van der Waals surface area contributed by atoms with Gasteiger partial charge in [-0.1, -0.05) is 11.1 Å². The van der Waals surface area contributed by atoms with Crippen LogP contribution in [0.15, 0.2) is 6.20 Å². The molecule has 1 atom stereocenters. The van der Waals surface area contributed by atoms with Gasteiger partial charge in [0, 0.05) is 0 Å². The standard InChI is InChI=1S/C9H12N4O3/c1-2-3-10-8(9(15)16)7-6-13(4-5-14)12-11-7/h1,6,8,10,14H,3-5H2,(H,15,16). The van der Waals surface area contributed by atoms with Crippen LogP contribution < -0.4 is 5.32 Å². The van der Waals surface area contributed by atoms with Gasteiger partial charge in [-0.3, -0.25) is 10.1 Å². The molecular formula is C9H12N4O3. The van der Waals surface area contributed by atoms with Gasteiger partial charge in [0.15, 0.2) is 6.04 Å². The molecule has 7 nitrogen and oxygen atoms in total. The molecule has 7 heteroatoms. The van der Waals surface area contributed by atoms with Crippen LogP contribution in [0.4, 0.5) is 0 Å². The Balaban J connectivity index is 2.76. The number of aliphatic hydroxyl groups is 1. The molecule has 0 saturated carbocycles. The van der Waals surface area contributed by atoms with Gasteiger partial charge in [0.05, 0.1) is 25.9 Å². The SMILES string of the molecule is C#CCNC(C(=O)O)c1cn(CCO)nn1. The van der Waals surface area contributed by atoms with Crippen molar-refractivity contribution in [3.63, 3.8) is 0 Å². The zero-order valence-electron chi connectivity index (χ0n) is 8.50. The first-order valence-corrected chi connectivity index (χ1v) is 4.59. The molecule has 1 heterocycles. The molecule has 0 fully saturated rings. The van der Waals surface area contributed by atoms with Crippen molar-refractivity contribution in [1.82, 2.24) is 20.3 Å². The molecule has 86 valence electrons. The summed E-state index contributed by atoms with van der Waals surface area (Å²) in [6, 6.07) is -0.983. The van der Waals surface area contributed by atoms with Gasteiger partial charge in [-0.05, 0) is 0 Å². The van der Waals surface area contributed by atoms with Crippen LogP contribution in [0.25, 0.3) is 0 Å². The number of terminal acetylenes is 1. The average Bonchev–Trinajstić information content (AvgIpc) is 2.67. The Bertz CT molecular complexity index is 396. The fraction of sp³-hybridized carbons (Fsp3) is 0.444. The van der Waals surface area contributed by atoms with Crippen LogP contribution in [-0.2, 0) is 11.3 Å². The fourth-order valence-electron chi connectivity index (χ4n) is 1.14. The lowest BCUT2D eigenvalue weighted by atomic mass is 10.2. The maximum Gasteiger partial charge on any atom is 0.327 e. The molecule has 0 aliphatic heterocycles. The molecule has 1 aromatic heterocycles. The number of hydrogen-bond acceptors (Lipinski definition) is 5. The molecular weight excluding hydrogens is 212 g/mol. The number of hydrogen-bond donors (Lipinski definition) is 3. The average molecular weight is 224 g/mol. The van der Waals surface area contributed by atoms with E-state index in [0.717, 1.165) is 0 Å². The summed E-state index contributed by atoms with van der Waals surface area (Å²) in [4.78, 5) is 10.9. The van der Waals surface area contributed by atoms with Crippen molar-refractivity contribution in [2.24, 2.45) is 0 Å². The Morgan fingerprint density at radius 3 is 3.06 bits per heavy atom. The Morgan fingerprint density at radius 1 is 1.75 bits per heavy atom. The third-order valence-corrected chi connectivity index (χ3v) is 1.84. The Kier molecular flexibility index (Phi) is 4.44. The van der Waals surface area contributed by atoms with Crippen molar-refractivity contribution in [2.75, 3.05) is 13.2 Å². The molecule has 0 saturated heterocycles. The lowest BCUT2D eigenvalue weighted by Gasteiger charge is -2.08. The summed E-state index contributed by atoms with van der Waals surface area (Å²) in [5.41, 5.74) is 0.260. The minimum absolute atomic E-state index is 0.0850. The molecule has 0 aromatic carbocycles. The van der Waals surface area contributed by atoms with Crippen molar-refractivity contribution in [1.29, 1.82) is 0 Å². The number of aliphatic carboxylic acids is 1. The molecule has 0 amide bonds. The molecule has 0 spiro atoms. The summed E-state index contributed by atoms with van der Waals surface area (Å²) in [7, 11) is 0. The monoisotopic (exact) mass is 224 g/mol. The molecule has 1 rings (SSSR count). The second kappa shape index (κ2) is 5.85. The van der Waals surface area contributed by atoms with Crippen LogP contribution in [0.1, 0.15) is 11.7 Å². The molecule has 16 heavy (non-hydrogen) atoms. The Morgan fingerprint density at radius 2 is 2.50 bits per heavy atom. The van der Waals surface area contributed by atoms with E-state index in [-0.39, 0.29) is 25.4 Å². The van der Waals surface area contributed by atoms with E-state index in [1.807, 2.05) is 0 Å². The van der Waals surface area contributed by atoms with E-state index in [0.29, 0.717) is 0 Å². The van der Waals surface area contributed by atoms with E-state index in [1.54, 1.807) is 0 Å². The predicted molar refractivity (Wildman–Crippen MR) is 54.3 cm³/mol. The number of aromatic nitrogens is 3. The van der Waals surface area contributed by atoms with Crippen LogP contribution in [0.5, 0.6) is 0 Å². The van der Waals surface area contributed by atoms with Gasteiger partial charge in [0.2, 0.25) is 0 Å². The first-order valence-electron chi connectivity index (χ1n) is 4.59. The molecule has 3 N–H and O–H groups in total. The van der Waals surface area contributed by atoms with Gasteiger partial charge in [-0.25, -0.2) is 4.68 Å². The fourth-order valence-corrected chi connectivity index (χ4v) is 1.14. The second-order valence-electron chi connectivity index (χ2n) is 2.99. The van der Waals surface area contributed by atoms with E-state index in [9.17, 15) is 4.79 Å². The minimum Gasteiger partial charge on any atom is -0.480 e. The van der Waals surface area contributed by atoms with Gasteiger partial charge < -0.3 is 10.2 Å². The topological polar surface area (TPSA) is 100 Å². The van der Waals surface area contributed by atoms with Gasteiger partial charge in [-0.15, -0.1) is 11.5 Å². The number of carboxylic acids is 1. The minimum atomic E-state index is -1.08. The highest BCUT2D eigenvalue weighted by atomic mass is 16.4. The van der Waals surface area contributed by atoms with E-state index < -0.39 is 12.0 Å². The van der Waals surface area contributed by atoms with Crippen LogP contribution >= 0.6 is 0 Å². The van der Waals surface area contributed by atoms with Crippen LogP contribution in [0, 0.1) is 12.3 Å². The van der Waals surface area contributed by atoms with Gasteiger partial charge in [0.25, 0.3) is 0 Å². The first kappa shape index (κ1) is 12.2. The summed E-state index contributed by atoms with van der Waals surface area (Å²) in [6.45, 7) is 0.316. The number of aliphatic hydroxyl groups excluding tert-OH is 1. The quantitative estimate of drug-likeness (QED) is 0.515. The highest BCUT2D eigenvalue weighted by Crippen LogP contribution is 2.08. The normalized spacial score (nSPS) is 12.0. The number of rotatable bonds is 6.